The van der Waals surface area contributed by atoms with E-state index in [1.54, 1.807) is 6.20 Å². The molecule has 1 aromatic rings. The van der Waals surface area contributed by atoms with E-state index in [1.165, 1.54) is 19.3 Å². The van der Waals surface area contributed by atoms with Gasteiger partial charge in [0.1, 0.15) is 5.82 Å². The van der Waals surface area contributed by atoms with Crippen molar-refractivity contribution in [2.75, 3.05) is 11.9 Å². The standard InChI is InChI=1S/C16H24BrN3O/c1-3-18-15-14(9-12(17)10-19-15)16(21)20-13-6-4-5-11(2)7-8-13/h9-11,13H,3-8H2,1-2H3,(H,18,19)(H,20,21). The summed E-state index contributed by atoms with van der Waals surface area (Å²) in [6.45, 7) is 5.04. The average molecular weight is 354 g/mol. The molecule has 4 nitrogen and oxygen atoms in total. The first-order chi connectivity index (χ1) is 10.1. The third-order valence-electron chi connectivity index (χ3n) is 4.04. The number of aromatic nitrogens is 1. The van der Waals surface area contributed by atoms with Crippen LogP contribution in [-0.4, -0.2) is 23.5 Å². The molecular formula is C16H24BrN3O. The number of nitrogens with one attached hydrogen (secondary N) is 2. The predicted octanol–water partition coefficient (Wildman–Crippen LogP) is 3.97. The molecule has 0 spiro atoms. The van der Waals surface area contributed by atoms with E-state index in [1.807, 2.05) is 13.0 Å². The normalized spacial score (nSPS) is 22.4. The van der Waals surface area contributed by atoms with Gasteiger partial charge in [-0.3, -0.25) is 4.79 Å². The maximum Gasteiger partial charge on any atom is 0.255 e. The zero-order valence-corrected chi connectivity index (χ0v) is 14.4. The molecular weight excluding hydrogens is 330 g/mol. The third kappa shape index (κ3) is 4.70. The van der Waals surface area contributed by atoms with Crippen molar-refractivity contribution in [2.24, 2.45) is 5.92 Å². The quantitative estimate of drug-likeness (QED) is 0.805. The van der Waals surface area contributed by atoms with Gasteiger partial charge < -0.3 is 10.6 Å². The van der Waals surface area contributed by atoms with Gasteiger partial charge in [0.05, 0.1) is 5.56 Å². The van der Waals surface area contributed by atoms with Gasteiger partial charge >= 0.3 is 0 Å². The molecule has 1 aliphatic rings. The maximum absolute atomic E-state index is 12.5. The van der Waals surface area contributed by atoms with Gasteiger partial charge in [-0.15, -0.1) is 0 Å². The lowest BCUT2D eigenvalue weighted by Gasteiger charge is -2.18. The van der Waals surface area contributed by atoms with Crippen LogP contribution in [0.1, 0.15) is 56.3 Å². The van der Waals surface area contributed by atoms with Crippen LogP contribution in [0.4, 0.5) is 5.82 Å². The van der Waals surface area contributed by atoms with Crippen molar-refractivity contribution in [2.45, 2.75) is 52.0 Å². The van der Waals surface area contributed by atoms with Crippen LogP contribution in [0, 0.1) is 5.92 Å². The molecule has 0 aromatic carbocycles. The molecule has 1 saturated carbocycles. The first-order valence-corrected chi connectivity index (χ1v) is 8.59. The van der Waals surface area contributed by atoms with Gasteiger partial charge in [-0.2, -0.15) is 0 Å². The Morgan fingerprint density at radius 2 is 2.19 bits per heavy atom. The lowest BCUT2D eigenvalue weighted by molar-refractivity contribution is 0.0933. The molecule has 1 amide bonds. The van der Waals surface area contributed by atoms with Gasteiger partial charge in [-0.1, -0.05) is 19.8 Å². The Kier molecular flexibility index (Phi) is 6.03. The molecule has 21 heavy (non-hydrogen) atoms. The first-order valence-electron chi connectivity index (χ1n) is 7.80. The molecule has 0 aliphatic heterocycles. The fourth-order valence-corrected chi connectivity index (χ4v) is 3.15. The summed E-state index contributed by atoms with van der Waals surface area (Å²) in [5, 5.41) is 6.33. The molecule has 1 aliphatic carbocycles. The zero-order valence-electron chi connectivity index (χ0n) is 12.8. The highest BCUT2D eigenvalue weighted by Gasteiger charge is 2.20. The van der Waals surface area contributed by atoms with Crippen molar-refractivity contribution in [1.82, 2.24) is 10.3 Å². The van der Waals surface area contributed by atoms with E-state index in [4.69, 9.17) is 0 Å². The molecule has 0 saturated heterocycles. The number of nitrogens with zero attached hydrogens (tertiary/aromatic N) is 1. The topological polar surface area (TPSA) is 54.0 Å². The van der Waals surface area contributed by atoms with Crippen LogP contribution in [0.3, 0.4) is 0 Å². The molecule has 1 heterocycles. The van der Waals surface area contributed by atoms with Crippen molar-refractivity contribution in [3.05, 3.63) is 22.3 Å². The number of anilines is 1. The van der Waals surface area contributed by atoms with E-state index in [2.05, 4.69) is 38.5 Å². The highest BCUT2D eigenvalue weighted by Crippen LogP contribution is 2.24. The molecule has 1 aromatic heterocycles. The van der Waals surface area contributed by atoms with E-state index in [9.17, 15) is 4.79 Å². The highest BCUT2D eigenvalue weighted by molar-refractivity contribution is 9.10. The summed E-state index contributed by atoms with van der Waals surface area (Å²) in [5.74, 6) is 1.40. The first kappa shape index (κ1) is 16.3. The molecule has 0 bridgehead atoms. The Bertz CT molecular complexity index is 492. The Balaban J connectivity index is 2.07. The number of carbonyl (C=O) groups excluding carboxylic acids is 1. The molecule has 2 unspecified atom stereocenters. The Hall–Kier alpha value is -1.10. The minimum Gasteiger partial charge on any atom is -0.370 e. The number of halogens is 1. The van der Waals surface area contributed by atoms with E-state index < -0.39 is 0 Å². The van der Waals surface area contributed by atoms with Crippen molar-refractivity contribution in [3.8, 4) is 0 Å². The second-order valence-corrected chi connectivity index (χ2v) is 6.78. The summed E-state index contributed by atoms with van der Waals surface area (Å²) in [5.41, 5.74) is 0.614. The summed E-state index contributed by atoms with van der Waals surface area (Å²) in [6, 6.07) is 2.12. The fourth-order valence-electron chi connectivity index (χ4n) is 2.82. The van der Waals surface area contributed by atoms with E-state index in [0.29, 0.717) is 11.4 Å². The number of hydrogen-bond acceptors (Lipinski definition) is 3. The molecule has 2 atom stereocenters. The molecule has 2 rings (SSSR count). The van der Waals surface area contributed by atoms with Crippen LogP contribution in [0.25, 0.3) is 0 Å². The van der Waals surface area contributed by atoms with Crippen LogP contribution >= 0.6 is 15.9 Å². The fraction of sp³-hybridized carbons (Fsp3) is 0.625. The van der Waals surface area contributed by atoms with Crippen LogP contribution in [0.2, 0.25) is 0 Å². The van der Waals surface area contributed by atoms with Gasteiger partial charge in [0, 0.05) is 23.3 Å². The zero-order chi connectivity index (χ0) is 15.2. The summed E-state index contributed by atoms with van der Waals surface area (Å²) in [7, 11) is 0. The van der Waals surface area contributed by atoms with Crippen molar-refractivity contribution in [1.29, 1.82) is 0 Å². The van der Waals surface area contributed by atoms with E-state index in [-0.39, 0.29) is 11.9 Å². The SMILES string of the molecule is CCNc1ncc(Br)cc1C(=O)NC1CCCC(C)CC1. The lowest BCUT2D eigenvalue weighted by atomic mass is 10.0. The largest absolute Gasteiger partial charge is 0.370 e. The second-order valence-electron chi connectivity index (χ2n) is 5.86. The van der Waals surface area contributed by atoms with Crippen LogP contribution in [0.15, 0.2) is 16.7 Å². The lowest BCUT2D eigenvalue weighted by Crippen LogP contribution is -2.35. The Morgan fingerprint density at radius 1 is 1.38 bits per heavy atom. The Morgan fingerprint density at radius 3 is 2.95 bits per heavy atom. The number of carbonyl (C=O) groups is 1. The minimum atomic E-state index is -0.0284. The Labute approximate surface area is 135 Å². The summed E-state index contributed by atoms with van der Waals surface area (Å²) < 4.78 is 0.823. The number of hydrogen-bond donors (Lipinski definition) is 2. The monoisotopic (exact) mass is 353 g/mol. The maximum atomic E-state index is 12.5. The third-order valence-corrected chi connectivity index (χ3v) is 4.47. The van der Waals surface area contributed by atoms with Gasteiger partial charge in [0.15, 0.2) is 0 Å². The van der Waals surface area contributed by atoms with E-state index >= 15 is 0 Å². The summed E-state index contributed by atoms with van der Waals surface area (Å²) in [6.07, 6.45) is 7.53. The molecule has 5 heteroatoms. The second kappa shape index (κ2) is 7.78. The molecule has 116 valence electrons. The number of pyridine rings is 1. The smallest absolute Gasteiger partial charge is 0.255 e. The summed E-state index contributed by atoms with van der Waals surface area (Å²) in [4.78, 5) is 16.8. The molecule has 1 fully saturated rings. The van der Waals surface area contributed by atoms with Gasteiger partial charge in [0.2, 0.25) is 0 Å². The van der Waals surface area contributed by atoms with Crippen LogP contribution in [0.5, 0.6) is 0 Å². The van der Waals surface area contributed by atoms with Crippen LogP contribution in [-0.2, 0) is 0 Å². The van der Waals surface area contributed by atoms with E-state index in [0.717, 1.165) is 29.8 Å². The van der Waals surface area contributed by atoms with Gasteiger partial charge in [-0.25, -0.2) is 4.98 Å². The number of rotatable bonds is 4. The molecule has 2 N–H and O–H groups in total. The van der Waals surface area contributed by atoms with Crippen molar-refractivity contribution < 1.29 is 4.79 Å². The van der Waals surface area contributed by atoms with Gasteiger partial charge in [0.25, 0.3) is 5.91 Å². The van der Waals surface area contributed by atoms with Gasteiger partial charge in [-0.05, 0) is 54.1 Å². The van der Waals surface area contributed by atoms with Crippen molar-refractivity contribution in [3.63, 3.8) is 0 Å². The van der Waals surface area contributed by atoms with Crippen molar-refractivity contribution >= 4 is 27.7 Å². The predicted molar refractivity (Wildman–Crippen MR) is 89.6 cm³/mol. The molecule has 0 radical (unpaired) electrons. The number of amides is 1. The average Bonchev–Trinajstić information content (AvgIpc) is 2.66. The minimum absolute atomic E-state index is 0.0284. The summed E-state index contributed by atoms with van der Waals surface area (Å²) >= 11 is 3.39. The highest BCUT2D eigenvalue weighted by atomic mass is 79.9. The van der Waals surface area contributed by atoms with Crippen LogP contribution < -0.4 is 10.6 Å².